The van der Waals surface area contributed by atoms with Crippen molar-refractivity contribution < 1.29 is 14.3 Å². The van der Waals surface area contributed by atoms with E-state index in [0.717, 1.165) is 0 Å². The van der Waals surface area contributed by atoms with Gasteiger partial charge in [0.2, 0.25) is 0 Å². The Hall–Kier alpha value is -1.71. The Bertz CT molecular complexity index is 365. The van der Waals surface area contributed by atoms with Crippen LogP contribution in [0.2, 0.25) is 0 Å². The first-order chi connectivity index (χ1) is 8.21. The molecule has 1 rings (SSSR count). The number of benzene rings is 1. The number of likely N-dealkylation sites (N-methyl/N-ethyl adjacent to an activating group) is 1. The zero-order chi connectivity index (χ0) is 12.7. The van der Waals surface area contributed by atoms with Gasteiger partial charge in [0.1, 0.15) is 11.5 Å². The van der Waals surface area contributed by atoms with E-state index in [1.807, 2.05) is 32.0 Å². The lowest BCUT2D eigenvalue weighted by atomic mass is 10.2. The fourth-order valence-electron chi connectivity index (χ4n) is 1.45. The topological polar surface area (TPSA) is 47.6 Å². The van der Waals surface area contributed by atoms with Gasteiger partial charge in [-0.25, -0.2) is 0 Å². The van der Waals surface area contributed by atoms with Crippen LogP contribution in [0.3, 0.4) is 0 Å². The first kappa shape index (κ1) is 13.4. The molecule has 17 heavy (non-hydrogen) atoms. The number of ether oxygens (including phenoxy) is 2. The molecule has 0 aliphatic rings. The molecule has 1 aromatic rings. The van der Waals surface area contributed by atoms with E-state index in [9.17, 15) is 4.79 Å². The van der Waals surface area contributed by atoms with Crippen LogP contribution in [-0.2, 0) is 4.79 Å². The van der Waals surface area contributed by atoms with Gasteiger partial charge in [0.05, 0.1) is 7.11 Å². The summed E-state index contributed by atoms with van der Waals surface area (Å²) in [5, 5.41) is 2.75. The van der Waals surface area contributed by atoms with Crippen molar-refractivity contribution in [2.24, 2.45) is 0 Å². The van der Waals surface area contributed by atoms with E-state index >= 15 is 0 Å². The highest BCUT2D eigenvalue weighted by Gasteiger charge is 2.17. The van der Waals surface area contributed by atoms with E-state index < -0.39 is 6.10 Å². The molecule has 0 aromatic heterocycles. The molecule has 0 aliphatic carbocycles. The van der Waals surface area contributed by atoms with E-state index in [2.05, 4.69) is 5.32 Å². The summed E-state index contributed by atoms with van der Waals surface area (Å²) >= 11 is 0. The minimum Gasteiger partial charge on any atom is -0.497 e. The van der Waals surface area contributed by atoms with Crippen LogP contribution < -0.4 is 14.8 Å². The van der Waals surface area contributed by atoms with E-state index in [1.165, 1.54) is 0 Å². The van der Waals surface area contributed by atoms with Gasteiger partial charge in [-0.3, -0.25) is 4.79 Å². The van der Waals surface area contributed by atoms with Crippen LogP contribution >= 0.6 is 0 Å². The number of methoxy groups -OCH3 is 1. The van der Waals surface area contributed by atoms with Crippen LogP contribution in [0.15, 0.2) is 24.3 Å². The lowest BCUT2D eigenvalue weighted by molar-refractivity contribution is -0.128. The third-order valence-corrected chi connectivity index (χ3v) is 2.33. The van der Waals surface area contributed by atoms with Crippen molar-refractivity contribution in [3.63, 3.8) is 0 Å². The predicted molar refractivity (Wildman–Crippen MR) is 66.4 cm³/mol. The number of hydrogen-bond donors (Lipinski definition) is 1. The van der Waals surface area contributed by atoms with Crippen LogP contribution in [0.1, 0.15) is 20.3 Å². The van der Waals surface area contributed by atoms with Gasteiger partial charge in [-0.05, 0) is 25.5 Å². The molecule has 1 atom stereocenters. The fraction of sp³-hybridized carbons (Fsp3) is 0.462. The number of carbonyl (C=O) groups excluding carboxylic acids is 1. The molecule has 0 spiro atoms. The van der Waals surface area contributed by atoms with E-state index in [-0.39, 0.29) is 5.91 Å². The first-order valence-corrected chi connectivity index (χ1v) is 5.79. The van der Waals surface area contributed by atoms with E-state index in [4.69, 9.17) is 9.47 Å². The van der Waals surface area contributed by atoms with Gasteiger partial charge in [0.25, 0.3) is 5.91 Å². The molecule has 1 unspecified atom stereocenters. The molecule has 0 bridgehead atoms. The number of carbonyl (C=O) groups is 1. The molecular formula is C13H19NO3. The maximum atomic E-state index is 11.7. The summed E-state index contributed by atoms with van der Waals surface area (Å²) in [7, 11) is 1.60. The van der Waals surface area contributed by atoms with Crippen LogP contribution in [0.25, 0.3) is 0 Å². The smallest absolute Gasteiger partial charge is 0.261 e. The molecule has 1 aromatic carbocycles. The molecule has 0 saturated heterocycles. The second-order valence-electron chi connectivity index (χ2n) is 3.59. The Morgan fingerprint density at radius 1 is 1.35 bits per heavy atom. The molecule has 1 amide bonds. The Kier molecular flexibility index (Phi) is 5.33. The monoisotopic (exact) mass is 237 g/mol. The van der Waals surface area contributed by atoms with Crippen molar-refractivity contribution in [1.82, 2.24) is 5.32 Å². The highest BCUT2D eigenvalue weighted by Crippen LogP contribution is 2.20. The molecule has 0 heterocycles. The van der Waals surface area contributed by atoms with Gasteiger partial charge in [-0.15, -0.1) is 0 Å². The van der Waals surface area contributed by atoms with Crippen molar-refractivity contribution in [1.29, 1.82) is 0 Å². The number of nitrogens with one attached hydrogen (secondary N) is 1. The van der Waals surface area contributed by atoms with Gasteiger partial charge in [-0.2, -0.15) is 0 Å². The quantitative estimate of drug-likeness (QED) is 0.823. The van der Waals surface area contributed by atoms with E-state index in [0.29, 0.717) is 24.5 Å². The zero-order valence-electron chi connectivity index (χ0n) is 10.5. The van der Waals surface area contributed by atoms with Crippen molar-refractivity contribution in [3.8, 4) is 11.5 Å². The lowest BCUT2D eigenvalue weighted by Gasteiger charge is -2.17. The van der Waals surface area contributed by atoms with Crippen LogP contribution in [-0.4, -0.2) is 25.7 Å². The summed E-state index contributed by atoms with van der Waals surface area (Å²) in [6.45, 7) is 4.41. The highest BCUT2D eigenvalue weighted by molar-refractivity contribution is 5.81. The van der Waals surface area contributed by atoms with Gasteiger partial charge < -0.3 is 14.8 Å². The minimum absolute atomic E-state index is 0.0854. The Morgan fingerprint density at radius 3 is 2.65 bits per heavy atom. The Labute approximate surface area is 102 Å². The molecule has 4 nitrogen and oxygen atoms in total. The molecular weight excluding hydrogens is 218 g/mol. The molecule has 1 N–H and O–H groups in total. The fourth-order valence-corrected chi connectivity index (χ4v) is 1.45. The summed E-state index contributed by atoms with van der Waals surface area (Å²) in [6, 6.07) is 7.24. The lowest BCUT2D eigenvalue weighted by Crippen LogP contribution is -2.37. The molecule has 0 aliphatic heterocycles. The SMILES string of the molecule is CCNC(=O)C(CC)Oc1cccc(OC)c1. The highest BCUT2D eigenvalue weighted by atomic mass is 16.5. The Morgan fingerprint density at radius 2 is 2.06 bits per heavy atom. The maximum absolute atomic E-state index is 11.7. The standard InChI is InChI=1S/C13H19NO3/c1-4-12(13(15)14-5-2)17-11-8-6-7-10(9-11)16-3/h6-9,12H,4-5H2,1-3H3,(H,14,15). The zero-order valence-corrected chi connectivity index (χ0v) is 10.5. The second kappa shape index (κ2) is 6.78. The normalized spacial score (nSPS) is 11.7. The van der Waals surface area contributed by atoms with Gasteiger partial charge in [0, 0.05) is 12.6 Å². The van der Waals surface area contributed by atoms with Gasteiger partial charge in [-0.1, -0.05) is 13.0 Å². The summed E-state index contributed by atoms with van der Waals surface area (Å²) in [6.07, 6.45) is 0.172. The molecule has 94 valence electrons. The largest absolute Gasteiger partial charge is 0.497 e. The van der Waals surface area contributed by atoms with E-state index in [1.54, 1.807) is 13.2 Å². The average molecular weight is 237 g/mol. The van der Waals surface area contributed by atoms with Crippen LogP contribution in [0.5, 0.6) is 11.5 Å². The van der Waals surface area contributed by atoms with Crippen molar-refractivity contribution in [3.05, 3.63) is 24.3 Å². The predicted octanol–water partition coefficient (Wildman–Crippen LogP) is 1.99. The average Bonchev–Trinajstić information content (AvgIpc) is 2.36. The third-order valence-electron chi connectivity index (χ3n) is 2.33. The maximum Gasteiger partial charge on any atom is 0.261 e. The molecule has 0 saturated carbocycles. The van der Waals surface area contributed by atoms with Gasteiger partial charge >= 0.3 is 0 Å². The summed E-state index contributed by atoms with van der Waals surface area (Å²) in [4.78, 5) is 11.7. The summed E-state index contributed by atoms with van der Waals surface area (Å²) in [5.74, 6) is 1.27. The van der Waals surface area contributed by atoms with Crippen molar-refractivity contribution in [2.45, 2.75) is 26.4 Å². The summed E-state index contributed by atoms with van der Waals surface area (Å²) in [5.41, 5.74) is 0. The van der Waals surface area contributed by atoms with Crippen LogP contribution in [0.4, 0.5) is 0 Å². The second-order valence-corrected chi connectivity index (χ2v) is 3.59. The number of rotatable bonds is 6. The van der Waals surface area contributed by atoms with Crippen molar-refractivity contribution in [2.75, 3.05) is 13.7 Å². The molecule has 0 radical (unpaired) electrons. The van der Waals surface area contributed by atoms with Gasteiger partial charge in [0.15, 0.2) is 6.10 Å². The third kappa shape index (κ3) is 3.98. The van der Waals surface area contributed by atoms with Crippen molar-refractivity contribution >= 4 is 5.91 Å². The number of amides is 1. The minimum atomic E-state index is -0.456. The molecule has 4 heteroatoms. The number of hydrogen-bond acceptors (Lipinski definition) is 3. The Balaban J connectivity index is 2.69. The molecule has 0 fully saturated rings. The summed E-state index contributed by atoms with van der Waals surface area (Å²) < 4.78 is 10.7. The van der Waals surface area contributed by atoms with Crippen LogP contribution in [0, 0.1) is 0 Å². The first-order valence-electron chi connectivity index (χ1n) is 5.79.